The highest BCUT2D eigenvalue weighted by Gasteiger charge is 2.42. The molecule has 3 N–H and O–H groups in total. The maximum Gasteiger partial charge on any atom is 0.255 e. The second-order valence-corrected chi connectivity index (χ2v) is 11.6. The van der Waals surface area contributed by atoms with Crippen LogP contribution in [0, 0.1) is 5.92 Å². The standard InChI is InChI=1S/C30H37N5O3/c36-27-10-9-26(28(37)33-27)35-19-24-23(29(35)38)5-3-6-25(24)34-30(14-11-20-7-8-20)15-12-21(13-16-30)32-18-22-4-1-2-17-31-22/h1-6,17,20-21,26,32,34H,7-16,18-19H2,(H,33,36,37). The lowest BCUT2D eigenvalue weighted by atomic mass is 9.75. The lowest BCUT2D eigenvalue weighted by molar-refractivity contribution is -0.136. The van der Waals surface area contributed by atoms with Crippen LogP contribution in [0.4, 0.5) is 5.69 Å². The van der Waals surface area contributed by atoms with E-state index in [0.29, 0.717) is 24.6 Å². The van der Waals surface area contributed by atoms with Gasteiger partial charge in [-0.05, 0) is 75.1 Å². The van der Waals surface area contributed by atoms with Crippen molar-refractivity contribution in [2.45, 2.75) is 94.9 Å². The predicted octanol–water partition coefficient (Wildman–Crippen LogP) is 3.92. The van der Waals surface area contributed by atoms with E-state index in [0.717, 1.165) is 61.5 Å². The lowest BCUT2D eigenvalue weighted by Crippen LogP contribution is -2.52. The molecule has 1 atom stereocenters. The molecule has 4 aliphatic rings. The number of nitrogens with zero attached hydrogens (tertiary/aromatic N) is 2. The third-order valence-electron chi connectivity index (χ3n) is 8.95. The number of pyridine rings is 1. The first-order chi connectivity index (χ1) is 18.5. The van der Waals surface area contributed by atoms with Crippen LogP contribution in [0.5, 0.6) is 0 Å². The molecule has 1 unspecified atom stereocenters. The zero-order chi connectivity index (χ0) is 26.1. The summed E-state index contributed by atoms with van der Waals surface area (Å²) < 4.78 is 0. The fraction of sp³-hybridized carbons (Fsp3) is 0.533. The molecule has 2 saturated carbocycles. The molecule has 1 saturated heterocycles. The largest absolute Gasteiger partial charge is 0.379 e. The van der Waals surface area contributed by atoms with Crippen LogP contribution in [0.25, 0.3) is 0 Å². The van der Waals surface area contributed by atoms with E-state index in [2.05, 4.69) is 33.1 Å². The molecular formula is C30H37N5O3. The molecule has 2 aromatic rings. The van der Waals surface area contributed by atoms with Gasteiger partial charge in [-0.1, -0.05) is 25.0 Å². The third-order valence-corrected chi connectivity index (χ3v) is 8.95. The minimum atomic E-state index is -0.593. The van der Waals surface area contributed by atoms with Crippen LogP contribution in [-0.4, -0.2) is 45.2 Å². The number of hydrogen-bond donors (Lipinski definition) is 3. The van der Waals surface area contributed by atoms with Crippen LogP contribution in [-0.2, 0) is 22.7 Å². The van der Waals surface area contributed by atoms with Gasteiger partial charge in [0.2, 0.25) is 11.8 Å². The first-order valence-corrected chi connectivity index (χ1v) is 14.2. The van der Waals surface area contributed by atoms with Gasteiger partial charge in [0.1, 0.15) is 6.04 Å². The highest BCUT2D eigenvalue weighted by atomic mass is 16.2. The maximum absolute atomic E-state index is 13.3. The molecule has 2 aliphatic heterocycles. The third kappa shape index (κ3) is 5.32. The van der Waals surface area contributed by atoms with E-state index in [1.54, 1.807) is 4.90 Å². The Morgan fingerprint density at radius 3 is 2.58 bits per heavy atom. The van der Waals surface area contributed by atoms with Gasteiger partial charge in [0.25, 0.3) is 5.91 Å². The summed E-state index contributed by atoms with van der Waals surface area (Å²) in [6.07, 6.45) is 11.9. The molecule has 1 aromatic heterocycles. The van der Waals surface area contributed by atoms with Crippen molar-refractivity contribution in [2.75, 3.05) is 5.32 Å². The normalized spacial score (nSPS) is 27.3. The molecule has 200 valence electrons. The first-order valence-electron chi connectivity index (χ1n) is 14.2. The van der Waals surface area contributed by atoms with Crippen LogP contribution < -0.4 is 16.0 Å². The number of rotatable bonds is 9. The number of carbonyl (C=O) groups is 3. The predicted molar refractivity (Wildman–Crippen MR) is 144 cm³/mol. The van der Waals surface area contributed by atoms with Gasteiger partial charge in [-0.25, -0.2) is 0 Å². The van der Waals surface area contributed by atoms with Gasteiger partial charge >= 0.3 is 0 Å². The van der Waals surface area contributed by atoms with E-state index >= 15 is 0 Å². The monoisotopic (exact) mass is 515 g/mol. The summed E-state index contributed by atoms with van der Waals surface area (Å²) in [5, 5.41) is 10.1. The molecule has 3 fully saturated rings. The highest BCUT2D eigenvalue weighted by molar-refractivity contribution is 6.06. The molecule has 1 aromatic carbocycles. The van der Waals surface area contributed by atoms with Crippen LogP contribution in [0.15, 0.2) is 42.6 Å². The Balaban J connectivity index is 1.16. The van der Waals surface area contributed by atoms with E-state index in [1.165, 1.54) is 19.3 Å². The van der Waals surface area contributed by atoms with E-state index in [9.17, 15) is 14.4 Å². The molecule has 0 bridgehead atoms. The van der Waals surface area contributed by atoms with E-state index in [4.69, 9.17) is 0 Å². The van der Waals surface area contributed by atoms with Crippen LogP contribution >= 0.6 is 0 Å². The van der Waals surface area contributed by atoms with Gasteiger partial charge in [0.05, 0.1) is 5.69 Å². The molecule has 8 heteroatoms. The van der Waals surface area contributed by atoms with Crippen molar-refractivity contribution in [1.82, 2.24) is 20.5 Å². The Bertz CT molecular complexity index is 1200. The summed E-state index contributed by atoms with van der Waals surface area (Å²) in [6.45, 7) is 1.19. The minimum Gasteiger partial charge on any atom is -0.379 e. The number of hydrogen-bond acceptors (Lipinski definition) is 6. The number of piperidine rings is 1. The van der Waals surface area contributed by atoms with E-state index in [-0.39, 0.29) is 29.7 Å². The number of benzene rings is 1. The number of anilines is 1. The SMILES string of the molecule is O=C1CCC(N2Cc3c(NC4(CCC5CC5)CCC(NCc5ccccn5)CC4)cccc3C2=O)C(=O)N1. The molecule has 2 aliphatic carbocycles. The van der Waals surface area contributed by atoms with Crippen molar-refractivity contribution in [2.24, 2.45) is 5.92 Å². The molecule has 38 heavy (non-hydrogen) atoms. The van der Waals surface area contributed by atoms with Crippen molar-refractivity contribution in [1.29, 1.82) is 0 Å². The molecular weight excluding hydrogens is 478 g/mol. The van der Waals surface area contributed by atoms with Crippen molar-refractivity contribution in [3.05, 3.63) is 59.4 Å². The lowest BCUT2D eigenvalue weighted by Gasteiger charge is -2.42. The summed E-state index contributed by atoms with van der Waals surface area (Å²) in [5.74, 6) is 0.113. The molecule has 6 rings (SSSR count). The zero-order valence-corrected chi connectivity index (χ0v) is 21.9. The van der Waals surface area contributed by atoms with Crippen LogP contribution in [0.2, 0.25) is 0 Å². The second-order valence-electron chi connectivity index (χ2n) is 11.6. The molecule has 8 nitrogen and oxygen atoms in total. The average molecular weight is 516 g/mol. The van der Waals surface area contributed by atoms with Crippen molar-refractivity contribution < 1.29 is 14.4 Å². The Labute approximate surface area is 224 Å². The van der Waals surface area contributed by atoms with Gasteiger partial charge in [-0.15, -0.1) is 0 Å². The number of aromatic nitrogens is 1. The molecule has 3 heterocycles. The fourth-order valence-electron chi connectivity index (χ4n) is 6.44. The molecule has 3 amide bonds. The maximum atomic E-state index is 13.3. The fourth-order valence-corrected chi connectivity index (χ4v) is 6.44. The first kappa shape index (κ1) is 25.0. The van der Waals surface area contributed by atoms with E-state index in [1.807, 2.05) is 30.5 Å². The zero-order valence-electron chi connectivity index (χ0n) is 21.9. The number of amides is 3. The van der Waals surface area contributed by atoms with Crippen molar-refractivity contribution in [3.63, 3.8) is 0 Å². The summed E-state index contributed by atoms with van der Waals surface area (Å²) >= 11 is 0. The quantitative estimate of drug-likeness (QED) is 0.438. The summed E-state index contributed by atoms with van der Waals surface area (Å²) in [5.41, 5.74) is 3.74. The Morgan fingerprint density at radius 1 is 1.00 bits per heavy atom. The Kier molecular flexibility index (Phi) is 6.91. The second kappa shape index (κ2) is 10.5. The topological polar surface area (TPSA) is 103 Å². The smallest absolute Gasteiger partial charge is 0.255 e. The van der Waals surface area contributed by atoms with Crippen molar-refractivity contribution in [3.8, 4) is 0 Å². The summed E-state index contributed by atoms with van der Waals surface area (Å²) in [7, 11) is 0. The summed E-state index contributed by atoms with van der Waals surface area (Å²) in [6, 6.07) is 11.8. The Morgan fingerprint density at radius 2 is 1.84 bits per heavy atom. The highest BCUT2D eigenvalue weighted by Crippen LogP contribution is 2.43. The van der Waals surface area contributed by atoms with Gasteiger partial charge in [0, 0.05) is 54.1 Å². The molecule has 0 spiro atoms. The van der Waals surface area contributed by atoms with E-state index < -0.39 is 6.04 Å². The number of fused-ring (bicyclic) bond motifs is 1. The molecule has 0 radical (unpaired) electrons. The van der Waals surface area contributed by atoms with Gasteiger partial charge < -0.3 is 15.5 Å². The number of carbonyl (C=O) groups excluding carboxylic acids is 3. The van der Waals surface area contributed by atoms with Crippen LogP contribution in [0.1, 0.15) is 85.8 Å². The summed E-state index contributed by atoms with van der Waals surface area (Å²) in [4.78, 5) is 43.6. The number of imide groups is 1. The Hall–Kier alpha value is -3.26. The van der Waals surface area contributed by atoms with Crippen molar-refractivity contribution >= 4 is 23.4 Å². The van der Waals surface area contributed by atoms with Gasteiger partial charge in [0.15, 0.2) is 0 Å². The average Bonchev–Trinajstić information content (AvgIpc) is 3.71. The number of nitrogens with one attached hydrogen (secondary N) is 3. The van der Waals surface area contributed by atoms with Gasteiger partial charge in [-0.2, -0.15) is 0 Å². The van der Waals surface area contributed by atoms with Gasteiger partial charge in [-0.3, -0.25) is 24.7 Å². The van der Waals surface area contributed by atoms with Crippen LogP contribution in [0.3, 0.4) is 0 Å². The minimum absolute atomic E-state index is 0.00594.